The molecule has 0 radical (unpaired) electrons. The van der Waals surface area contributed by atoms with Crippen molar-refractivity contribution in [1.29, 1.82) is 0 Å². The summed E-state index contributed by atoms with van der Waals surface area (Å²) in [6, 6.07) is 19.2. The molecular weight excluding hydrogens is 444 g/mol. The van der Waals surface area contributed by atoms with Gasteiger partial charge in [-0.15, -0.1) is 0 Å². The van der Waals surface area contributed by atoms with Crippen LogP contribution in [0.25, 0.3) is 10.8 Å². The summed E-state index contributed by atoms with van der Waals surface area (Å²) in [7, 11) is 3.45. The number of halogens is 1. The number of nitrogens with zero attached hydrogens (tertiary/aromatic N) is 2. The van der Waals surface area contributed by atoms with E-state index in [0.717, 1.165) is 20.8 Å². The number of fused-ring (bicyclic) bond motifs is 1. The van der Waals surface area contributed by atoms with Crippen LogP contribution in [-0.2, 0) is 11.3 Å². The molecule has 0 N–H and O–H groups in total. The van der Waals surface area contributed by atoms with E-state index in [1.54, 1.807) is 36.0 Å². The summed E-state index contributed by atoms with van der Waals surface area (Å²) in [5.41, 5.74) is 1.60. The Bertz CT molecular complexity index is 1050. The number of amides is 2. The van der Waals surface area contributed by atoms with Crippen LogP contribution in [0.4, 0.5) is 0 Å². The largest absolute Gasteiger partial charge is 0.484 e. The molecule has 2 amide bonds. The molecule has 5 nitrogen and oxygen atoms in total. The van der Waals surface area contributed by atoms with Crippen LogP contribution >= 0.6 is 15.9 Å². The highest BCUT2D eigenvalue weighted by Crippen LogP contribution is 2.24. The summed E-state index contributed by atoms with van der Waals surface area (Å²) in [6.07, 6.45) is 0. The van der Waals surface area contributed by atoms with Gasteiger partial charge in [-0.3, -0.25) is 9.59 Å². The molecule has 0 heterocycles. The van der Waals surface area contributed by atoms with Crippen LogP contribution < -0.4 is 4.74 Å². The molecule has 30 heavy (non-hydrogen) atoms. The van der Waals surface area contributed by atoms with Crippen molar-refractivity contribution in [2.75, 3.05) is 27.2 Å². The van der Waals surface area contributed by atoms with Crippen molar-refractivity contribution in [1.82, 2.24) is 9.80 Å². The monoisotopic (exact) mass is 468 g/mol. The van der Waals surface area contributed by atoms with E-state index >= 15 is 0 Å². The Morgan fingerprint density at radius 3 is 2.27 bits per heavy atom. The van der Waals surface area contributed by atoms with Crippen molar-refractivity contribution in [3.8, 4) is 5.75 Å². The molecule has 0 saturated heterocycles. The Kier molecular flexibility index (Phi) is 7.11. The van der Waals surface area contributed by atoms with Gasteiger partial charge >= 0.3 is 0 Å². The lowest BCUT2D eigenvalue weighted by atomic mass is 10.1. The SMILES string of the molecule is CCN(Cc1ccc(C(=O)N(C)C)cc1)C(=O)COc1ccc2cc(Br)ccc2c1. The molecule has 0 saturated carbocycles. The Balaban J connectivity index is 1.61. The molecule has 0 unspecified atom stereocenters. The average Bonchev–Trinajstić information content (AvgIpc) is 2.75. The van der Waals surface area contributed by atoms with Gasteiger partial charge in [0.1, 0.15) is 5.75 Å². The van der Waals surface area contributed by atoms with E-state index in [1.807, 2.05) is 55.5 Å². The lowest BCUT2D eigenvalue weighted by molar-refractivity contribution is -0.133. The standard InChI is InChI=1S/C24H25BrN2O3/c1-4-27(15-17-5-7-18(8-6-17)24(29)26(2)3)23(28)16-30-22-12-10-19-13-21(25)11-9-20(19)14-22/h5-14H,4,15-16H2,1-3H3. The van der Waals surface area contributed by atoms with Gasteiger partial charge in [0.25, 0.3) is 11.8 Å². The number of hydrogen-bond acceptors (Lipinski definition) is 3. The van der Waals surface area contributed by atoms with Crippen LogP contribution in [0, 0.1) is 0 Å². The number of carbonyl (C=O) groups is 2. The van der Waals surface area contributed by atoms with Crippen LogP contribution in [-0.4, -0.2) is 48.9 Å². The van der Waals surface area contributed by atoms with E-state index in [1.165, 1.54) is 0 Å². The molecule has 3 aromatic rings. The first-order valence-corrected chi connectivity index (χ1v) is 10.6. The first-order chi connectivity index (χ1) is 14.4. The fourth-order valence-corrected chi connectivity index (χ4v) is 3.51. The summed E-state index contributed by atoms with van der Waals surface area (Å²) >= 11 is 3.47. The lowest BCUT2D eigenvalue weighted by Crippen LogP contribution is -2.34. The number of ether oxygens (including phenoxy) is 1. The lowest BCUT2D eigenvalue weighted by Gasteiger charge is -2.21. The van der Waals surface area contributed by atoms with Crippen LogP contribution in [0.3, 0.4) is 0 Å². The summed E-state index contributed by atoms with van der Waals surface area (Å²) in [4.78, 5) is 27.9. The topological polar surface area (TPSA) is 49.9 Å². The van der Waals surface area contributed by atoms with E-state index in [0.29, 0.717) is 24.4 Å². The van der Waals surface area contributed by atoms with Crippen molar-refractivity contribution in [3.63, 3.8) is 0 Å². The molecule has 3 rings (SSSR count). The zero-order valence-electron chi connectivity index (χ0n) is 17.4. The van der Waals surface area contributed by atoms with Crippen molar-refractivity contribution in [2.45, 2.75) is 13.5 Å². The average molecular weight is 469 g/mol. The number of carbonyl (C=O) groups excluding carboxylic acids is 2. The third-order valence-corrected chi connectivity index (χ3v) is 5.34. The van der Waals surface area contributed by atoms with Gasteiger partial charge in [0.05, 0.1) is 0 Å². The third-order valence-electron chi connectivity index (χ3n) is 4.85. The van der Waals surface area contributed by atoms with Crippen LogP contribution in [0.2, 0.25) is 0 Å². The van der Waals surface area contributed by atoms with E-state index < -0.39 is 0 Å². The molecule has 0 aliphatic rings. The Labute approximate surface area is 185 Å². The van der Waals surface area contributed by atoms with E-state index in [9.17, 15) is 9.59 Å². The number of likely N-dealkylation sites (N-methyl/N-ethyl adjacent to an activating group) is 1. The predicted octanol–water partition coefficient (Wildman–Crippen LogP) is 4.73. The second-order valence-corrected chi connectivity index (χ2v) is 8.16. The van der Waals surface area contributed by atoms with Crippen molar-refractivity contribution < 1.29 is 14.3 Å². The molecule has 0 bridgehead atoms. The molecule has 0 spiro atoms. The van der Waals surface area contributed by atoms with Gasteiger partial charge < -0.3 is 14.5 Å². The van der Waals surface area contributed by atoms with Gasteiger partial charge in [0, 0.05) is 37.2 Å². The summed E-state index contributed by atoms with van der Waals surface area (Å²) in [5, 5.41) is 2.16. The minimum absolute atomic E-state index is 0.0208. The van der Waals surface area contributed by atoms with Crippen LogP contribution in [0.1, 0.15) is 22.8 Å². The third kappa shape index (κ3) is 5.39. The molecule has 0 aliphatic heterocycles. The Morgan fingerprint density at radius 2 is 1.60 bits per heavy atom. The van der Waals surface area contributed by atoms with Gasteiger partial charge in [-0.25, -0.2) is 0 Å². The molecule has 0 aromatic heterocycles. The predicted molar refractivity (Wildman–Crippen MR) is 123 cm³/mol. The molecule has 3 aromatic carbocycles. The van der Waals surface area contributed by atoms with Gasteiger partial charge in [-0.1, -0.05) is 40.2 Å². The maximum Gasteiger partial charge on any atom is 0.260 e. The maximum absolute atomic E-state index is 12.7. The highest BCUT2D eigenvalue weighted by molar-refractivity contribution is 9.10. The molecule has 0 atom stereocenters. The van der Waals surface area contributed by atoms with Gasteiger partial charge in [-0.05, 0) is 59.7 Å². The van der Waals surface area contributed by atoms with E-state index in [4.69, 9.17) is 4.74 Å². The summed E-state index contributed by atoms with van der Waals surface area (Å²) < 4.78 is 6.78. The van der Waals surface area contributed by atoms with Gasteiger partial charge in [0.15, 0.2) is 6.61 Å². The fourth-order valence-electron chi connectivity index (χ4n) is 3.13. The highest BCUT2D eigenvalue weighted by Gasteiger charge is 2.14. The normalized spacial score (nSPS) is 10.7. The highest BCUT2D eigenvalue weighted by atomic mass is 79.9. The zero-order valence-corrected chi connectivity index (χ0v) is 19.0. The summed E-state index contributed by atoms with van der Waals surface area (Å²) in [6.45, 7) is 2.97. The summed E-state index contributed by atoms with van der Waals surface area (Å²) in [5.74, 6) is 0.545. The Morgan fingerprint density at radius 1 is 0.933 bits per heavy atom. The Hall–Kier alpha value is -2.86. The van der Waals surface area contributed by atoms with E-state index in [2.05, 4.69) is 15.9 Å². The first-order valence-electron chi connectivity index (χ1n) is 9.78. The smallest absolute Gasteiger partial charge is 0.260 e. The minimum atomic E-state index is -0.0816. The van der Waals surface area contributed by atoms with Crippen LogP contribution in [0.5, 0.6) is 5.75 Å². The van der Waals surface area contributed by atoms with E-state index in [-0.39, 0.29) is 18.4 Å². The van der Waals surface area contributed by atoms with Gasteiger partial charge in [0.2, 0.25) is 0 Å². The van der Waals surface area contributed by atoms with Gasteiger partial charge in [-0.2, -0.15) is 0 Å². The molecule has 0 fully saturated rings. The molecular formula is C24H25BrN2O3. The zero-order chi connectivity index (χ0) is 21.7. The molecule has 156 valence electrons. The van der Waals surface area contributed by atoms with Crippen molar-refractivity contribution in [3.05, 3.63) is 76.3 Å². The second-order valence-electron chi connectivity index (χ2n) is 7.25. The number of benzene rings is 3. The van der Waals surface area contributed by atoms with Crippen molar-refractivity contribution >= 4 is 38.5 Å². The number of hydrogen-bond donors (Lipinski definition) is 0. The fraction of sp³-hybridized carbons (Fsp3) is 0.250. The minimum Gasteiger partial charge on any atom is -0.484 e. The quantitative estimate of drug-likeness (QED) is 0.503. The molecule has 0 aliphatic carbocycles. The molecule has 6 heteroatoms. The number of rotatable bonds is 7. The first kappa shape index (κ1) is 21.8. The maximum atomic E-state index is 12.7. The second kappa shape index (κ2) is 9.76. The van der Waals surface area contributed by atoms with Crippen molar-refractivity contribution in [2.24, 2.45) is 0 Å². The van der Waals surface area contributed by atoms with Crippen LogP contribution in [0.15, 0.2) is 65.1 Å².